The van der Waals surface area contributed by atoms with E-state index in [2.05, 4.69) is 37.8 Å². The van der Waals surface area contributed by atoms with E-state index in [1.54, 1.807) is 0 Å². The Kier molecular flexibility index (Phi) is 4.20. The van der Waals surface area contributed by atoms with E-state index < -0.39 is 5.60 Å². The molecule has 0 spiro atoms. The molecule has 0 aromatic rings. The van der Waals surface area contributed by atoms with Gasteiger partial charge < -0.3 is 5.11 Å². The molecule has 0 bridgehead atoms. The predicted octanol–water partition coefficient (Wildman–Crippen LogP) is 5.02. The topological polar surface area (TPSA) is 32.6 Å². The SMILES string of the molecule is C#C[C@]1(O)C=C2CCC3C(CC[C@@]4(C)C3CC[C@@H]4C(C)=NC)[C@@]2(C)CC1. The highest BCUT2D eigenvalue weighted by Gasteiger charge is 2.59. The maximum atomic E-state index is 10.6. The summed E-state index contributed by atoms with van der Waals surface area (Å²) in [5, 5.41) is 10.6. The highest BCUT2D eigenvalue weighted by atomic mass is 16.3. The van der Waals surface area contributed by atoms with Gasteiger partial charge in [-0.25, -0.2) is 0 Å². The fourth-order valence-electron chi connectivity index (χ4n) is 7.68. The van der Waals surface area contributed by atoms with Gasteiger partial charge in [-0.05, 0) is 93.0 Å². The van der Waals surface area contributed by atoms with Crippen molar-refractivity contribution in [2.45, 2.75) is 77.7 Å². The van der Waals surface area contributed by atoms with Crippen LogP contribution in [0.4, 0.5) is 0 Å². The molecule has 4 aliphatic carbocycles. The smallest absolute Gasteiger partial charge is 0.144 e. The minimum atomic E-state index is -1.00. The van der Waals surface area contributed by atoms with Crippen molar-refractivity contribution in [1.29, 1.82) is 0 Å². The zero-order valence-electron chi connectivity index (χ0n) is 17.0. The van der Waals surface area contributed by atoms with Gasteiger partial charge in [-0.1, -0.05) is 25.3 Å². The Bertz CT molecular complexity index is 699. The number of aliphatic hydroxyl groups is 1. The zero-order valence-corrected chi connectivity index (χ0v) is 17.0. The summed E-state index contributed by atoms with van der Waals surface area (Å²) in [5.41, 5.74) is 2.51. The maximum Gasteiger partial charge on any atom is 0.144 e. The molecule has 0 aromatic carbocycles. The molecular formula is C24H35NO. The van der Waals surface area contributed by atoms with Crippen molar-refractivity contribution in [3.05, 3.63) is 11.6 Å². The second-order valence-electron chi connectivity index (χ2n) is 10.1. The van der Waals surface area contributed by atoms with Crippen LogP contribution in [0, 0.1) is 46.8 Å². The first-order valence-electron chi connectivity index (χ1n) is 10.6. The summed E-state index contributed by atoms with van der Waals surface area (Å²) in [6.07, 6.45) is 17.2. The molecule has 26 heavy (non-hydrogen) atoms. The van der Waals surface area contributed by atoms with Gasteiger partial charge in [0.1, 0.15) is 5.60 Å². The van der Waals surface area contributed by atoms with Crippen molar-refractivity contribution in [1.82, 2.24) is 0 Å². The number of hydrogen-bond donors (Lipinski definition) is 1. The predicted molar refractivity (Wildman–Crippen MR) is 108 cm³/mol. The Morgan fingerprint density at radius 3 is 2.62 bits per heavy atom. The number of nitrogens with zero attached hydrogens (tertiary/aromatic N) is 1. The molecule has 0 aliphatic heterocycles. The third kappa shape index (κ3) is 2.39. The average molecular weight is 354 g/mol. The van der Waals surface area contributed by atoms with Gasteiger partial charge in [-0.15, -0.1) is 6.42 Å². The van der Waals surface area contributed by atoms with E-state index in [-0.39, 0.29) is 5.41 Å². The molecule has 4 rings (SSSR count). The van der Waals surface area contributed by atoms with Crippen molar-refractivity contribution >= 4 is 5.71 Å². The summed E-state index contributed by atoms with van der Waals surface area (Å²) in [5.74, 6) is 5.76. The van der Waals surface area contributed by atoms with Crippen LogP contribution in [0.2, 0.25) is 0 Å². The summed E-state index contributed by atoms with van der Waals surface area (Å²) in [6.45, 7) is 7.28. The minimum Gasteiger partial charge on any atom is -0.374 e. The van der Waals surface area contributed by atoms with Crippen LogP contribution in [0.5, 0.6) is 0 Å². The van der Waals surface area contributed by atoms with E-state index in [1.165, 1.54) is 43.4 Å². The lowest BCUT2D eigenvalue weighted by atomic mass is 9.46. The molecule has 4 aliphatic rings. The highest BCUT2D eigenvalue weighted by molar-refractivity contribution is 5.85. The van der Waals surface area contributed by atoms with Gasteiger partial charge in [-0.2, -0.15) is 0 Å². The Labute approximate surface area is 159 Å². The van der Waals surface area contributed by atoms with Crippen LogP contribution >= 0.6 is 0 Å². The van der Waals surface area contributed by atoms with Crippen molar-refractivity contribution < 1.29 is 5.11 Å². The van der Waals surface area contributed by atoms with Crippen LogP contribution in [0.15, 0.2) is 16.6 Å². The first-order chi connectivity index (χ1) is 12.3. The van der Waals surface area contributed by atoms with Crippen molar-refractivity contribution in [3.63, 3.8) is 0 Å². The lowest BCUT2D eigenvalue weighted by Crippen LogP contribution is -2.52. The molecular weight excluding hydrogens is 318 g/mol. The molecule has 0 aromatic heterocycles. The number of terminal acetylenes is 1. The molecule has 0 radical (unpaired) electrons. The molecule has 3 saturated carbocycles. The summed E-state index contributed by atoms with van der Waals surface area (Å²) in [4.78, 5) is 4.58. The monoisotopic (exact) mass is 353 g/mol. The number of aliphatic imine (C=N–C) groups is 1. The van der Waals surface area contributed by atoms with Crippen LogP contribution in [0.3, 0.4) is 0 Å². The van der Waals surface area contributed by atoms with Crippen molar-refractivity contribution in [2.24, 2.45) is 39.5 Å². The Morgan fingerprint density at radius 1 is 1.15 bits per heavy atom. The molecule has 142 valence electrons. The average Bonchev–Trinajstić information content (AvgIpc) is 2.99. The molecule has 2 heteroatoms. The maximum absolute atomic E-state index is 10.6. The third-order valence-corrected chi connectivity index (χ3v) is 9.28. The van der Waals surface area contributed by atoms with Crippen LogP contribution in [0.25, 0.3) is 0 Å². The Hall–Kier alpha value is -1.07. The number of hydrogen-bond acceptors (Lipinski definition) is 2. The quantitative estimate of drug-likeness (QED) is 0.401. The summed E-state index contributed by atoms with van der Waals surface area (Å²) < 4.78 is 0. The van der Waals surface area contributed by atoms with E-state index >= 15 is 0 Å². The Morgan fingerprint density at radius 2 is 1.92 bits per heavy atom. The fraction of sp³-hybridized carbons (Fsp3) is 0.792. The Balaban J connectivity index is 1.65. The molecule has 2 nitrogen and oxygen atoms in total. The molecule has 0 amide bonds. The summed E-state index contributed by atoms with van der Waals surface area (Å²) in [7, 11) is 1.96. The summed E-state index contributed by atoms with van der Waals surface area (Å²) >= 11 is 0. The minimum absolute atomic E-state index is 0.249. The van der Waals surface area contributed by atoms with E-state index in [9.17, 15) is 5.11 Å². The van der Waals surface area contributed by atoms with Gasteiger partial charge >= 0.3 is 0 Å². The number of fused-ring (bicyclic) bond motifs is 5. The van der Waals surface area contributed by atoms with E-state index in [0.717, 1.165) is 37.0 Å². The first kappa shape index (κ1) is 18.3. The molecule has 0 heterocycles. The molecule has 0 saturated heterocycles. The third-order valence-electron chi connectivity index (χ3n) is 9.28. The molecule has 3 unspecified atom stereocenters. The number of allylic oxidation sites excluding steroid dienone is 1. The second kappa shape index (κ2) is 5.96. The molecule has 3 fully saturated rings. The summed E-state index contributed by atoms with van der Waals surface area (Å²) in [6, 6.07) is 0. The lowest BCUT2D eigenvalue weighted by Gasteiger charge is -2.59. The zero-order chi connectivity index (χ0) is 18.7. The normalized spacial score (nSPS) is 50.9. The van der Waals surface area contributed by atoms with Gasteiger partial charge in [0.2, 0.25) is 0 Å². The van der Waals surface area contributed by atoms with E-state index in [0.29, 0.717) is 11.3 Å². The van der Waals surface area contributed by atoms with Crippen LogP contribution in [0.1, 0.15) is 72.1 Å². The largest absolute Gasteiger partial charge is 0.374 e. The standard InChI is InChI=1S/C24H35NO/c1-6-24(26)14-13-22(3)17(15-24)7-8-18-20-10-9-19(16(2)25-5)23(20,4)12-11-21(18)22/h1,15,18-21,26H,7-14H2,2-5H3/t18?,19-,20?,21?,22+,23-,24-/m1/s1. The highest BCUT2D eigenvalue weighted by Crippen LogP contribution is 2.67. The van der Waals surface area contributed by atoms with Gasteiger partial charge in [0.05, 0.1) is 0 Å². The van der Waals surface area contributed by atoms with Crippen LogP contribution < -0.4 is 0 Å². The van der Waals surface area contributed by atoms with E-state index in [4.69, 9.17) is 6.42 Å². The molecule has 7 atom stereocenters. The van der Waals surface area contributed by atoms with Crippen molar-refractivity contribution in [2.75, 3.05) is 7.05 Å². The lowest BCUT2D eigenvalue weighted by molar-refractivity contribution is -0.0513. The van der Waals surface area contributed by atoms with Gasteiger partial charge in [0.25, 0.3) is 0 Å². The second-order valence-corrected chi connectivity index (χ2v) is 10.1. The first-order valence-corrected chi connectivity index (χ1v) is 10.6. The van der Waals surface area contributed by atoms with Gasteiger partial charge in [0.15, 0.2) is 0 Å². The van der Waals surface area contributed by atoms with Crippen LogP contribution in [-0.4, -0.2) is 23.5 Å². The molecule has 1 N–H and O–H groups in total. The van der Waals surface area contributed by atoms with Crippen molar-refractivity contribution in [3.8, 4) is 12.3 Å². The van der Waals surface area contributed by atoms with Gasteiger partial charge in [-0.3, -0.25) is 4.99 Å². The fourth-order valence-corrected chi connectivity index (χ4v) is 7.68. The van der Waals surface area contributed by atoms with Crippen LogP contribution in [-0.2, 0) is 0 Å². The van der Waals surface area contributed by atoms with E-state index in [1.807, 2.05) is 7.05 Å². The van der Waals surface area contributed by atoms with Gasteiger partial charge in [0, 0.05) is 18.7 Å². The number of rotatable bonds is 1.